The molecule has 0 saturated carbocycles. The van der Waals surface area contributed by atoms with E-state index in [4.69, 9.17) is 4.74 Å². The summed E-state index contributed by atoms with van der Waals surface area (Å²) >= 11 is 0. The first-order valence-corrected chi connectivity index (χ1v) is 9.30. The molecule has 0 saturated heterocycles. The number of esters is 1. The van der Waals surface area contributed by atoms with Crippen LogP contribution in [0.25, 0.3) is 12.2 Å². The summed E-state index contributed by atoms with van der Waals surface area (Å²) in [5.41, 5.74) is 5.24. The Morgan fingerprint density at radius 2 is 1.37 bits per heavy atom. The third-order valence-corrected chi connectivity index (χ3v) is 4.36. The van der Waals surface area contributed by atoms with E-state index in [9.17, 15) is 4.79 Å². The van der Waals surface area contributed by atoms with E-state index < -0.39 is 0 Å². The van der Waals surface area contributed by atoms with Gasteiger partial charge >= 0.3 is 5.97 Å². The zero-order valence-corrected chi connectivity index (χ0v) is 15.8. The molecule has 0 bridgehead atoms. The third kappa shape index (κ3) is 5.42. The highest BCUT2D eigenvalue weighted by molar-refractivity contribution is 5.91. The topological polar surface area (TPSA) is 26.3 Å². The summed E-state index contributed by atoms with van der Waals surface area (Å²) < 4.78 is 5.40. The second kappa shape index (κ2) is 9.00. The van der Waals surface area contributed by atoms with Crippen molar-refractivity contribution in [2.45, 2.75) is 26.7 Å². The Kier molecular flexibility index (Phi) is 6.22. The van der Waals surface area contributed by atoms with Gasteiger partial charge in [0.1, 0.15) is 5.75 Å². The van der Waals surface area contributed by atoms with Crippen molar-refractivity contribution < 1.29 is 9.53 Å². The van der Waals surface area contributed by atoms with Crippen molar-refractivity contribution in [3.63, 3.8) is 0 Å². The Balaban J connectivity index is 1.62. The summed E-state index contributed by atoms with van der Waals surface area (Å²) in [6.07, 6.45) is 6.40. The summed E-state index contributed by atoms with van der Waals surface area (Å²) in [4.78, 5) is 12.2. The van der Waals surface area contributed by atoms with Gasteiger partial charge in [0.05, 0.1) is 5.56 Å². The predicted molar refractivity (Wildman–Crippen MR) is 112 cm³/mol. The molecule has 2 heteroatoms. The standard InChI is InChI=1S/C25H24O2/c1-3-4-20-7-9-21(10-8-20)11-12-22-13-15-23(16-14-22)25(26)27-24-17-5-19(2)6-18-24/h5-18H,3-4H2,1-2H3. The van der Waals surface area contributed by atoms with Gasteiger partial charge in [-0.05, 0) is 54.3 Å². The van der Waals surface area contributed by atoms with Crippen LogP contribution < -0.4 is 4.74 Å². The van der Waals surface area contributed by atoms with Crippen LogP contribution in [0.3, 0.4) is 0 Å². The molecule has 3 rings (SSSR count). The summed E-state index contributed by atoms with van der Waals surface area (Å²) in [5.74, 6) is 0.210. The van der Waals surface area contributed by atoms with Crippen LogP contribution in [0.1, 0.15) is 46.0 Å². The smallest absolute Gasteiger partial charge is 0.343 e. The average Bonchev–Trinajstić information content (AvgIpc) is 2.70. The van der Waals surface area contributed by atoms with E-state index in [1.54, 1.807) is 24.3 Å². The van der Waals surface area contributed by atoms with E-state index in [0.29, 0.717) is 11.3 Å². The Morgan fingerprint density at radius 1 is 0.815 bits per heavy atom. The molecule has 0 spiro atoms. The Hall–Kier alpha value is -3.13. The second-order valence-corrected chi connectivity index (χ2v) is 6.65. The molecule has 27 heavy (non-hydrogen) atoms. The van der Waals surface area contributed by atoms with E-state index in [2.05, 4.69) is 37.3 Å². The summed E-state index contributed by atoms with van der Waals surface area (Å²) in [5, 5.41) is 0. The number of carbonyl (C=O) groups is 1. The van der Waals surface area contributed by atoms with Crippen LogP contribution in [0.2, 0.25) is 0 Å². The fourth-order valence-electron chi connectivity index (χ4n) is 2.78. The predicted octanol–water partition coefficient (Wildman–Crippen LogP) is 6.34. The van der Waals surface area contributed by atoms with Crippen molar-refractivity contribution in [1.82, 2.24) is 0 Å². The van der Waals surface area contributed by atoms with Gasteiger partial charge in [-0.15, -0.1) is 0 Å². The molecule has 0 amide bonds. The molecule has 0 aliphatic rings. The Bertz CT molecular complexity index is 902. The molecular weight excluding hydrogens is 332 g/mol. The number of hydrogen-bond donors (Lipinski definition) is 0. The summed E-state index contributed by atoms with van der Waals surface area (Å²) in [7, 11) is 0. The Morgan fingerprint density at radius 3 is 1.93 bits per heavy atom. The highest BCUT2D eigenvalue weighted by Crippen LogP contribution is 2.15. The molecule has 0 radical (unpaired) electrons. The van der Waals surface area contributed by atoms with Gasteiger partial charge in [0.25, 0.3) is 0 Å². The molecule has 0 unspecified atom stereocenters. The number of benzene rings is 3. The minimum absolute atomic E-state index is 0.346. The van der Waals surface area contributed by atoms with Crippen LogP contribution in [0, 0.1) is 6.92 Å². The molecule has 0 aromatic heterocycles. The zero-order valence-electron chi connectivity index (χ0n) is 15.8. The van der Waals surface area contributed by atoms with E-state index in [0.717, 1.165) is 29.5 Å². The molecule has 0 atom stereocenters. The van der Waals surface area contributed by atoms with Crippen LogP contribution in [0.4, 0.5) is 0 Å². The minimum Gasteiger partial charge on any atom is -0.423 e. The molecule has 0 aliphatic carbocycles. The van der Waals surface area contributed by atoms with Crippen molar-refractivity contribution >= 4 is 18.1 Å². The molecular formula is C25H24O2. The van der Waals surface area contributed by atoms with E-state index >= 15 is 0 Å². The lowest BCUT2D eigenvalue weighted by atomic mass is 10.1. The molecule has 0 fully saturated rings. The van der Waals surface area contributed by atoms with Crippen LogP contribution in [0.5, 0.6) is 5.75 Å². The van der Waals surface area contributed by atoms with E-state index in [1.165, 1.54) is 5.56 Å². The maximum absolute atomic E-state index is 12.2. The maximum Gasteiger partial charge on any atom is 0.343 e. The van der Waals surface area contributed by atoms with Crippen LogP contribution in [0.15, 0.2) is 72.8 Å². The first-order chi connectivity index (χ1) is 13.1. The van der Waals surface area contributed by atoms with Gasteiger partial charge in [-0.2, -0.15) is 0 Å². The van der Waals surface area contributed by atoms with E-state index in [-0.39, 0.29) is 5.97 Å². The van der Waals surface area contributed by atoms with E-state index in [1.807, 2.05) is 37.3 Å². The van der Waals surface area contributed by atoms with Crippen molar-refractivity contribution in [1.29, 1.82) is 0 Å². The zero-order chi connectivity index (χ0) is 19.1. The summed E-state index contributed by atoms with van der Waals surface area (Å²) in [6, 6.07) is 23.5. The van der Waals surface area contributed by atoms with Gasteiger partial charge in [0, 0.05) is 0 Å². The third-order valence-electron chi connectivity index (χ3n) is 4.36. The second-order valence-electron chi connectivity index (χ2n) is 6.65. The Labute approximate surface area is 161 Å². The van der Waals surface area contributed by atoms with Gasteiger partial charge in [0.2, 0.25) is 0 Å². The van der Waals surface area contributed by atoms with Gasteiger partial charge in [-0.1, -0.05) is 79.6 Å². The van der Waals surface area contributed by atoms with Crippen molar-refractivity contribution in [2.24, 2.45) is 0 Å². The number of ether oxygens (including phenoxy) is 1. The SMILES string of the molecule is CCCc1ccc(C=Cc2ccc(C(=O)Oc3ccc(C)cc3)cc2)cc1. The van der Waals surface area contributed by atoms with Gasteiger partial charge in [-0.3, -0.25) is 0 Å². The lowest BCUT2D eigenvalue weighted by molar-refractivity contribution is 0.0734. The van der Waals surface area contributed by atoms with Crippen molar-refractivity contribution in [3.05, 3.63) is 101 Å². The molecule has 0 N–H and O–H groups in total. The molecule has 0 aliphatic heterocycles. The first kappa shape index (κ1) is 18.7. The molecule has 3 aromatic rings. The van der Waals surface area contributed by atoms with Crippen LogP contribution in [-0.2, 0) is 6.42 Å². The highest BCUT2D eigenvalue weighted by atomic mass is 16.5. The largest absolute Gasteiger partial charge is 0.423 e. The number of aryl methyl sites for hydroxylation is 2. The average molecular weight is 356 g/mol. The lowest BCUT2D eigenvalue weighted by Crippen LogP contribution is -2.08. The molecule has 136 valence electrons. The monoisotopic (exact) mass is 356 g/mol. The highest BCUT2D eigenvalue weighted by Gasteiger charge is 2.08. The van der Waals surface area contributed by atoms with Crippen LogP contribution in [-0.4, -0.2) is 5.97 Å². The molecule has 3 aromatic carbocycles. The summed E-state index contributed by atoms with van der Waals surface area (Å²) in [6.45, 7) is 4.19. The van der Waals surface area contributed by atoms with Gasteiger partial charge in [0.15, 0.2) is 0 Å². The fourth-order valence-corrected chi connectivity index (χ4v) is 2.78. The minimum atomic E-state index is -0.346. The molecule has 0 heterocycles. The fraction of sp³-hybridized carbons (Fsp3) is 0.160. The lowest BCUT2D eigenvalue weighted by Gasteiger charge is -2.05. The maximum atomic E-state index is 12.2. The number of hydrogen-bond acceptors (Lipinski definition) is 2. The van der Waals surface area contributed by atoms with Crippen LogP contribution >= 0.6 is 0 Å². The van der Waals surface area contributed by atoms with Gasteiger partial charge in [-0.25, -0.2) is 4.79 Å². The van der Waals surface area contributed by atoms with Crippen molar-refractivity contribution in [3.8, 4) is 5.75 Å². The number of rotatable bonds is 6. The number of carbonyl (C=O) groups excluding carboxylic acids is 1. The van der Waals surface area contributed by atoms with Crippen molar-refractivity contribution in [2.75, 3.05) is 0 Å². The first-order valence-electron chi connectivity index (χ1n) is 9.30. The molecule has 2 nitrogen and oxygen atoms in total. The van der Waals surface area contributed by atoms with Gasteiger partial charge < -0.3 is 4.74 Å². The normalized spacial score (nSPS) is 10.9. The quantitative estimate of drug-likeness (QED) is 0.293.